The Morgan fingerprint density at radius 1 is 1.53 bits per heavy atom. The molecule has 0 amide bonds. The third kappa shape index (κ3) is 2.08. The zero-order valence-corrected chi connectivity index (χ0v) is 10.1. The minimum Gasteiger partial charge on any atom is -0.326 e. The van der Waals surface area contributed by atoms with Crippen molar-refractivity contribution in [3.05, 3.63) is 17.0 Å². The first-order chi connectivity index (χ1) is 7.00. The molecule has 0 unspecified atom stereocenters. The first-order valence-electron chi connectivity index (χ1n) is 4.82. The molecule has 4 nitrogen and oxygen atoms in total. The summed E-state index contributed by atoms with van der Waals surface area (Å²) in [6.45, 7) is 2.89. The van der Waals surface area contributed by atoms with E-state index >= 15 is 0 Å². The fourth-order valence-electron chi connectivity index (χ4n) is 1.65. The molecule has 0 radical (unpaired) electrons. The lowest BCUT2D eigenvalue weighted by Crippen LogP contribution is -2.31. The number of rotatable bonds is 2. The van der Waals surface area contributed by atoms with Gasteiger partial charge in [0.15, 0.2) is 0 Å². The van der Waals surface area contributed by atoms with Gasteiger partial charge in [0, 0.05) is 24.0 Å². The maximum atomic E-state index is 12.1. The molecule has 1 aliphatic rings. The molecule has 0 saturated carbocycles. The van der Waals surface area contributed by atoms with Crippen molar-refractivity contribution in [1.29, 1.82) is 0 Å². The third-order valence-electron chi connectivity index (χ3n) is 2.50. The topological polar surface area (TPSA) is 63.4 Å². The van der Waals surface area contributed by atoms with E-state index in [2.05, 4.69) is 0 Å². The van der Waals surface area contributed by atoms with Gasteiger partial charge in [-0.1, -0.05) is 0 Å². The number of nitrogens with zero attached hydrogens (tertiary/aromatic N) is 1. The number of sulfonamides is 1. The van der Waals surface area contributed by atoms with Gasteiger partial charge in [-0.2, -0.15) is 4.31 Å². The minimum absolute atomic E-state index is 0.0131. The Kier molecular flexibility index (Phi) is 2.85. The Morgan fingerprint density at radius 3 is 2.73 bits per heavy atom. The second-order valence-electron chi connectivity index (χ2n) is 3.78. The molecule has 1 fully saturated rings. The van der Waals surface area contributed by atoms with Gasteiger partial charge in [-0.05, 0) is 25.5 Å². The number of nitrogens with two attached hydrogens (primary N) is 1. The van der Waals surface area contributed by atoms with Gasteiger partial charge in [-0.25, -0.2) is 8.42 Å². The molecule has 0 aromatic carbocycles. The zero-order valence-electron chi connectivity index (χ0n) is 8.51. The summed E-state index contributed by atoms with van der Waals surface area (Å²) in [5.74, 6) is 0. The van der Waals surface area contributed by atoms with Gasteiger partial charge in [0.2, 0.25) is 0 Å². The average molecular weight is 246 g/mol. The molecule has 2 N–H and O–H groups in total. The Morgan fingerprint density at radius 2 is 2.27 bits per heavy atom. The fourth-order valence-corrected chi connectivity index (χ4v) is 4.60. The SMILES string of the molecule is Cc1ccc(S(=O)(=O)N2CC[C@H](N)C2)s1. The predicted octanol–water partition coefficient (Wildman–Crippen LogP) is 0.778. The maximum Gasteiger partial charge on any atom is 0.252 e. The largest absolute Gasteiger partial charge is 0.326 e. The van der Waals surface area contributed by atoms with E-state index in [9.17, 15) is 8.42 Å². The van der Waals surface area contributed by atoms with Gasteiger partial charge in [0.25, 0.3) is 10.0 Å². The lowest BCUT2D eigenvalue weighted by molar-refractivity contribution is 0.474. The monoisotopic (exact) mass is 246 g/mol. The Hall–Kier alpha value is -0.430. The van der Waals surface area contributed by atoms with Crippen LogP contribution in [0.15, 0.2) is 16.3 Å². The van der Waals surface area contributed by atoms with Crippen molar-refractivity contribution in [3.8, 4) is 0 Å². The van der Waals surface area contributed by atoms with Gasteiger partial charge in [0.05, 0.1) is 0 Å². The quantitative estimate of drug-likeness (QED) is 0.838. The molecule has 1 atom stereocenters. The summed E-state index contributed by atoms with van der Waals surface area (Å²) in [7, 11) is -3.28. The van der Waals surface area contributed by atoms with Crippen molar-refractivity contribution in [2.24, 2.45) is 5.73 Å². The highest BCUT2D eigenvalue weighted by Crippen LogP contribution is 2.26. The molecule has 1 aliphatic heterocycles. The number of thiophene rings is 1. The van der Waals surface area contributed by atoms with Gasteiger partial charge in [-0.15, -0.1) is 11.3 Å². The highest BCUT2D eigenvalue weighted by atomic mass is 32.2. The zero-order chi connectivity index (χ0) is 11.1. The van der Waals surface area contributed by atoms with Crippen molar-refractivity contribution in [2.75, 3.05) is 13.1 Å². The van der Waals surface area contributed by atoms with Crippen molar-refractivity contribution in [2.45, 2.75) is 23.6 Å². The first-order valence-corrected chi connectivity index (χ1v) is 7.08. The van der Waals surface area contributed by atoms with Crippen molar-refractivity contribution >= 4 is 21.4 Å². The number of hydrogen-bond acceptors (Lipinski definition) is 4. The molecule has 1 saturated heterocycles. The van der Waals surface area contributed by atoms with E-state index < -0.39 is 10.0 Å². The molecule has 1 aromatic rings. The smallest absolute Gasteiger partial charge is 0.252 e. The summed E-state index contributed by atoms with van der Waals surface area (Å²) in [5, 5.41) is 0. The van der Waals surface area contributed by atoms with Crippen LogP contribution in [0, 0.1) is 6.92 Å². The Labute approximate surface area is 93.8 Å². The summed E-state index contributed by atoms with van der Waals surface area (Å²) in [6, 6.07) is 3.48. The average Bonchev–Trinajstić information content (AvgIpc) is 2.74. The third-order valence-corrected chi connectivity index (χ3v) is 5.83. The summed E-state index contributed by atoms with van der Waals surface area (Å²) >= 11 is 1.31. The normalized spacial score (nSPS) is 23.5. The Balaban J connectivity index is 2.27. The van der Waals surface area contributed by atoms with Crippen molar-refractivity contribution < 1.29 is 8.42 Å². The van der Waals surface area contributed by atoms with Crippen LogP contribution in [0.2, 0.25) is 0 Å². The summed E-state index contributed by atoms with van der Waals surface area (Å²) in [4.78, 5) is 1.01. The molecule has 0 spiro atoms. The molecule has 2 rings (SSSR count). The van der Waals surface area contributed by atoms with Crippen LogP contribution in [-0.2, 0) is 10.0 Å². The van der Waals surface area contributed by atoms with Crippen LogP contribution in [-0.4, -0.2) is 31.9 Å². The molecule has 0 aliphatic carbocycles. The second kappa shape index (κ2) is 3.86. The molecule has 6 heteroatoms. The van der Waals surface area contributed by atoms with Crippen LogP contribution in [0.1, 0.15) is 11.3 Å². The van der Waals surface area contributed by atoms with Gasteiger partial charge in [0.1, 0.15) is 4.21 Å². The Bertz CT molecular complexity index is 452. The fraction of sp³-hybridized carbons (Fsp3) is 0.556. The standard InChI is InChI=1S/C9H14N2O2S2/c1-7-2-3-9(14-7)15(12,13)11-5-4-8(10)6-11/h2-3,8H,4-6,10H2,1H3/t8-/m0/s1. The van der Waals surface area contributed by atoms with E-state index in [1.807, 2.05) is 13.0 Å². The maximum absolute atomic E-state index is 12.1. The number of hydrogen-bond donors (Lipinski definition) is 1. The van der Waals surface area contributed by atoms with Gasteiger partial charge in [-0.3, -0.25) is 0 Å². The summed E-state index contributed by atoms with van der Waals surface area (Å²) < 4.78 is 26.0. The first kappa shape index (κ1) is 11.1. The van der Waals surface area contributed by atoms with Crippen LogP contribution in [0.4, 0.5) is 0 Å². The van der Waals surface area contributed by atoms with E-state index in [0.29, 0.717) is 17.3 Å². The lowest BCUT2D eigenvalue weighted by Gasteiger charge is -2.13. The van der Waals surface area contributed by atoms with Crippen LogP contribution in [0.25, 0.3) is 0 Å². The van der Waals surface area contributed by atoms with Crippen molar-refractivity contribution in [3.63, 3.8) is 0 Å². The van der Waals surface area contributed by atoms with E-state index in [0.717, 1.165) is 11.3 Å². The van der Waals surface area contributed by atoms with Crippen molar-refractivity contribution in [1.82, 2.24) is 4.31 Å². The van der Waals surface area contributed by atoms with E-state index in [4.69, 9.17) is 5.73 Å². The summed E-state index contributed by atoms with van der Waals surface area (Å²) in [5.41, 5.74) is 5.70. The van der Waals surface area contributed by atoms with Crippen LogP contribution >= 0.6 is 11.3 Å². The molecular weight excluding hydrogens is 232 g/mol. The van der Waals surface area contributed by atoms with Crippen LogP contribution in [0.5, 0.6) is 0 Å². The predicted molar refractivity (Wildman–Crippen MR) is 60.4 cm³/mol. The molecule has 0 bridgehead atoms. The summed E-state index contributed by atoms with van der Waals surface area (Å²) in [6.07, 6.45) is 0.754. The van der Waals surface area contributed by atoms with Gasteiger partial charge < -0.3 is 5.73 Å². The molecule has 84 valence electrons. The molecule has 15 heavy (non-hydrogen) atoms. The highest BCUT2D eigenvalue weighted by Gasteiger charge is 2.31. The van der Waals surface area contributed by atoms with Crippen LogP contribution < -0.4 is 5.73 Å². The van der Waals surface area contributed by atoms with E-state index in [1.54, 1.807) is 6.07 Å². The lowest BCUT2D eigenvalue weighted by atomic mass is 10.3. The molecule has 1 aromatic heterocycles. The highest BCUT2D eigenvalue weighted by molar-refractivity contribution is 7.91. The van der Waals surface area contributed by atoms with E-state index in [-0.39, 0.29) is 6.04 Å². The molecule has 2 heterocycles. The number of aryl methyl sites for hydroxylation is 1. The van der Waals surface area contributed by atoms with Crippen LogP contribution in [0.3, 0.4) is 0 Å². The van der Waals surface area contributed by atoms with Gasteiger partial charge >= 0.3 is 0 Å². The second-order valence-corrected chi connectivity index (χ2v) is 7.23. The minimum atomic E-state index is -3.28. The van der Waals surface area contributed by atoms with E-state index in [1.165, 1.54) is 15.6 Å². The molecular formula is C9H14N2O2S2.